The fourth-order valence-electron chi connectivity index (χ4n) is 4.13. The minimum Gasteiger partial charge on any atom is -0.381 e. The Morgan fingerprint density at radius 1 is 1.24 bits per heavy atom. The first kappa shape index (κ1) is 13.8. The van der Waals surface area contributed by atoms with Crippen LogP contribution in [0.15, 0.2) is 0 Å². The molecule has 3 heterocycles. The average molecular weight is 293 g/mol. The highest BCUT2D eigenvalue weighted by Gasteiger charge is 2.43. The van der Waals surface area contributed by atoms with Crippen molar-refractivity contribution in [2.24, 2.45) is 11.3 Å². The highest BCUT2D eigenvalue weighted by Crippen LogP contribution is 2.38. The second-order valence-electron chi connectivity index (χ2n) is 7.61. The standard InChI is InChI=1S/C16H27N3O2/c20-15(19-7-4-16(11-19)5-8-21-12-16)17-14-3-6-18(10-14)9-13-1-2-13/h13-14H,1-12H2,(H,17,20). The normalized spacial score (nSPS) is 36.8. The number of carbonyl (C=O) groups excluding carboxylic acids is 1. The van der Waals surface area contributed by atoms with Crippen LogP contribution in [0.4, 0.5) is 4.79 Å². The number of nitrogens with zero attached hydrogens (tertiary/aromatic N) is 2. The molecule has 5 heteroatoms. The second kappa shape index (κ2) is 5.43. The highest BCUT2D eigenvalue weighted by atomic mass is 16.5. The molecule has 0 bridgehead atoms. The smallest absolute Gasteiger partial charge is 0.317 e. The minimum absolute atomic E-state index is 0.150. The molecule has 1 saturated carbocycles. The molecule has 3 aliphatic heterocycles. The molecule has 2 amide bonds. The van der Waals surface area contributed by atoms with Crippen molar-refractivity contribution in [3.8, 4) is 0 Å². The number of hydrogen-bond donors (Lipinski definition) is 1. The van der Waals surface area contributed by atoms with Gasteiger partial charge in [0.05, 0.1) is 6.61 Å². The lowest BCUT2D eigenvalue weighted by atomic mass is 9.87. The van der Waals surface area contributed by atoms with Crippen LogP contribution < -0.4 is 5.32 Å². The molecule has 4 fully saturated rings. The van der Waals surface area contributed by atoms with E-state index in [-0.39, 0.29) is 11.4 Å². The monoisotopic (exact) mass is 293 g/mol. The molecule has 1 spiro atoms. The number of nitrogens with one attached hydrogen (secondary N) is 1. The Kier molecular flexibility index (Phi) is 3.58. The van der Waals surface area contributed by atoms with E-state index in [1.54, 1.807) is 0 Å². The van der Waals surface area contributed by atoms with Crippen LogP contribution in [0, 0.1) is 11.3 Å². The Morgan fingerprint density at radius 2 is 2.14 bits per heavy atom. The zero-order valence-electron chi connectivity index (χ0n) is 12.9. The first-order chi connectivity index (χ1) is 10.2. The highest BCUT2D eigenvalue weighted by molar-refractivity contribution is 5.75. The van der Waals surface area contributed by atoms with E-state index in [0.717, 1.165) is 64.6 Å². The Hall–Kier alpha value is -0.810. The van der Waals surface area contributed by atoms with E-state index in [4.69, 9.17) is 4.74 Å². The average Bonchev–Trinajstić information content (AvgIpc) is 2.92. The van der Waals surface area contributed by atoms with Gasteiger partial charge in [0.15, 0.2) is 0 Å². The van der Waals surface area contributed by atoms with Crippen LogP contribution in [0.3, 0.4) is 0 Å². The molecule has 0 aromatic rings. The van der Waals surface area contributed by atoms with Crippen molar-refractivity contribution >= 4 is 6.03 Å². The number of rotatable bonds is 3. The minimum atomic E-state index is 0.150. The van der Waals surface area contributed by atoms with E-state index in [0.29, 0.717) is 6.04 Å². The van der Waals surface area contributed by atoms with Gasteiger partial charge in [-0.05, 0) is 38.0 Å². The van der Waals surface area contributed by atoms with Crippen LogP contribution in [0.5, 0.6) is 0 Å². The van der Waals surface area contributed by atoms with Crippen LogP contribution in [-0.2, 0) is 4.74 Å². The van der Waals surface area contributed by atoms with Crippen molar-refractivity contribution in [3.05, 3.63) is 0 Å². The maximum Gasteiger partial charge on any atom is 0.317 e. The second-order valence-corrected chi connectivity index (χ2v) is 7.61. The van der Waals surface area contributed by atoms with Gasteiger partial charge >= 0.3 is 6.03 Å². The number of likely N-dealkylation sites (tertiary alicyclic amines) is 2. The molecular weight excluding hydrogens is 266 g/mol. The van der Waals surface area contributed by atoms with Gasteiger partial charge in [0.1, 0.15) is 0 Å². The van der Waals surface area contributed by atoms with E-state index in [2.05, 4.69) is 10.2 Å². The molecule has 0 aromatic carbocycles. The molecule has 118 valence electrons. The Labute approximate surface area is 127 Å². The van der Waals surface area contributed by atoms with Crippen molar-refractivity contribution in [3.63, 3.8) is 0 Å². The summed E-state index contributed by atoms with van der Waals surface area (Å²) in [4.78, 5) is 17.0. The van der Waals surface area contributed by atoms with Gasteiger partial charge in [-0.15, -0.1) is 0 Å². The van der Waals surface area contributed by atoms with Crippen molar-refractivity contribution in [1.82, 2.24) is 15.1 Å². The summed E-state index contributed by atoms with van der Waals surface area (Å²) in [7, 11) is 0. The number of ether oxygens (including phenoxy) is 1. The molecule has 5 nitrogen and oxygen atoms in total. The lowest BCUT2D eigenvalue weighted by molar-refractivity contribution is 0.152. The quantitative estimate of drug-likeness (QED) is 0.853. The summed E-state index contributed by atoms with van der Waals surface area (Å²) in [5.74, 6) is 0.945. The summed E-state index contributed by atoms with van der Waals surface area (Å²) >= 11 is 0. The van der Waals surface area contributed by atoms with Crippen molar-refractivity contribution in [1.29, 1.82) is 0 Å². The maximum absolute atomic E-state index is 12.4. The van der Waals surface area contributed by atoms with E-state index in [1.165, 1.54) is 19.4 Å². The van der Waals surface area contributed by atoms with Crippen molar-refractivity contribution < 1.29 is 9.53 Å². The fourth-order valence-corrected chi connectivity index (χ4v) is 4.13. The van der Waals surface area contributed by atoms with Crippen LogP contribution in [-0.4, -0.2) is 67.8 Å². The summed E-state index contributed by atoms with van der Waals surface area (Å²) in [5, 5.41) is 3.26. The van der Waals surface area contributed by atoms with Crippen molar-refractivity contribution in [2.75, 3.05) is 45.9 Å². The zero-order chi connectivity index (χ0) is 14.3. The molecule has 4 aliphatic rings. The van der Waals surface area contributed by atoms with Gasteiger partial charge in [-0.1, -0.05) is 0 Å². The summed E-state index contributed by atoms with van der Waals surface area (Å²) in [5.41, 5.74) is 0.269. The van der Waals surface area contributed by atoms with E-state index in [9.17, 15) is 4.79 Å². The van der Waals surface area contributed by atoms with Crippen molar-refractivity contribution in [2.45, 2.75) is 38.1 Å². The molecule has 2 atom stereocenters. The summed E-state index contributed by atoms with van der Waals surface area (Å²) in [6.45, 7) is 6.94. The molecule has 3 saturated heterocycles. The van der Waals surface area contributed by atoms with Gasteiger partial charge in [-0.25, -0.2) is 4.79 Å². The van der Waals surface area contributed by atoms with Crippen LogP contribution in [0.25, 0.3) is 0 Å². The van der Waals surface area contributed by atoms with Crippen LogP contribution in [0.2, 0.25) is 0 Å². The molecular formula is C16H27N3O2. The Bertz CT molecular complexity index is 404. The van der Waals surface area contributed by atoms with E-state index in [1.807, 2.05) is 4.90 Å². The van der Waals surface area contributed by atoms with Crippen LogP contribution in [0.1, 0.15) is 32.1 Å². The predicted octanol–water partition coefficient (Wildman–Crippen LogP) is 1.29. The lowest BCUT2D eigenvalue weighted by Gasteiger charge is -2.24. The summed E-state index contributed by atoms with van der Waals surface area (Å²) in [6, 6.07) is 0.504. The van der Waals surface area contributed by atoms with E-state index >= 15 is 0 Å². The number of hydrogen-bond acceptors (Lipinski definition) is 3. The van der Waals surface area contributed by atoms with Gasteiger partial charge in [0.25, 0.3) is 0 Å². The molecule has 2 unspecified atom stereocenters. The molecule has 0 radical (unpaired) electrons. The Balaban J connectivity index is 1.24. The van der Waals surface area contributed by atoms with Gasteiger partial charge in [-0.2, -0.15) is 0 Å². The molecule has 1 N–H and O–H groups in total. The first-order valence-electron chi connectivity index (χ1n) is 8.58. The number of amides is 2. The van der Waals surface area contributed by atoms with Gasteiger partial charge in [-0.3, -0.25) is 0 Å². The van der Waals surface area contributed by atoms with Gasteiger partial charge in [0, 0.05) is 50.8 Å². The SMILES string of the molecule is O=C(NC1CCN(CC2CC2)C1)N1CCC2(CCOC2)C1. The number of carbonyl (C=O) groups is 1. The zero-order valence-corrected chi connectivity index (χ0v) is 12.9. The third-order valence-corrected chi connectivity index (χ3v) is 5.72. The Morgan fingerprint density at radius 3 is 2.90 bits per heavy atom. The third-order valence-electron chi connectivity index (χ3n) is 5.72. The summed E-state index contributed by atoms with van der Waals surface area (Å²) in [6.07, 6.45) is 6.16. The summed E-state index contributed by atoms with van der Waals surface area (Å²) < 4.78 is 5.54. The number of urea groups is 1. The topological polar surface area (TPSA) is 44.8 Å². The molecule has 4 rings (SSSR count). The first-order valence-corrected chi connectivity index (χ1v) is 8.58. The molecule has 1 aliphatic carbocycles. The fraction of sp³-hybridized carbons (Fsp3) is 0.938. The maximum atomic E-state index is 12.4. The largest absolute Gasteiger partial charge is 0.381 e. The molecule has 21 heavy (non-hydrogen) atoms. The third kappa shape index (κ3) is 3.04. The molecule has 0 aromatic heterocycles. The van der Waals surface area contributed by atoms with E-state index < -0.39 is 0 Å². The van der Waals surface area contributed by atoms with Crippen LogP contribution >= 0.6 is 0 Å². The lowest BCUT2D eigenvalue weighted by Crippen LogP contribution is -2.45. The van der Waals surface area contributed by atoms with Gasteiger partial charge in [0.2, 0.25) is 0 Å². The predicted molar refractivity (Wildman–Crippen MR) is 80.2 cm³/mol. The van der Waals surface area contributed by atoms with Gasteiger partial charge < -0.3 is 19.9 Å².